The zero-order chi connectivity index (χ0) is 21.2. The van der Waals surface area contributed by atoms with Gasteiger partial charge in [0.25, 0.3) is 5.56 Å². The monoisotopic (exact) mass is 417 g/mol. The molecule has 0 saturated carbocycles. The van der Waals surface area contributed by atoms with Crippen molar-refractivity contribution in [3.8, 4) is 0 Å². The predicted octanol–water partition coefficient (Wildman–Crippen LogP) is -1.47. The van der Waals surface area contributed by atoms with Gasteiger partial charge in [-0.25, -0.2) is 4.79 Å². The Morgan fingerprint density at radius 3 is 2.57 bits per heavy atom. The number of aliphatic hydroxyl groups is 2. The Balaban J connectivity index is 2.24. The van der Waals surface area contributed by atoms with Crippen molar-refractivity contribution in [1.82, 2.24) is 9.13 Å². The number of carboxylic acids is 1. The Morgan fingerprint density at radius 2 is 2.00 bits per heavy atom. The molecular formula is C17H28N3O7P. The molecule has 0 aromatic carbocycles. The summed E-state index contributed by atoms with van der Waals surface area (Å²) in [5.41, 5.74) is 4.04. The van der Waals surface area contributed by atoms with Crippen molar-refractivity contribution in [2.75, 3.05) is 19.5 Å². The topological polar surface area (TPSA) is 157 Å². The summed E-state index contributed by atoms with van der Waals surface area (Å²) in [4.78, 5) is 35.5. The third-order valence-electron chi connectivity index (χ3n) is 4.71. The molecule has 28 heavy (non-hydrogen) atoms. The Bertz CT molecular complexity index is 874. The highest BCUT2D eigenvalue weighted by Crippen LogP contribution is 2.39. The van der Waals surface area contributed by atoms with Crippen LogP contribution in [0.3, 0.4) is 0 Å². The van der Waals surface area contributed by atoms with E-state index >= 15 is 0 Å². The van der Waals surface area contributed by atoms with E-state index < -0.39 is 54.7 Å². The summed E-state index contributed by atoms with van der Waals surface area (Å²) >= 11 is 0. The molecule has 1 aromatic heterocycles. The molecule has 1 aliphatic heterocycles. The Kier molecular flexibility index (Phi) is 7.06. The van der Waals surface area contributed by atoms with E-state index in [1.165, 1.54) is 6.20 Å². The number of aliphatic hydroxyl groups excluding tert-OH is 2. The molecule has 2 rings (SSSR count). The molecule has 1 unspecified atom stereocenters. The minimum Gasteiger partial charge on any atom is -0.480 e. The molecule has 1 aliphatic rings. The number of ether oxygens (including phenoxy) is 1. The van der Waals surface area contributed by atoms with E-state index in [-0.39, 0.29) is 13.0 Å². The lowest BCUT2D eigenvalue weighted by Crippen LogP contribution is -2.44. The fourth-order valence-electron chi connectivity index (χ4n) is 3.00. The van der Waals surface area contributed by atoms with Crippen LogP contribution in [0.5, 0.6) is 0 Å². The largest absolute Gasteiger partial charge is 0.480 e. The van der Waals surface area contributed by atoms with Gasteiger partial charge in [-0.2, -0.15) is 0 Å². The van der Waals surface area contributed by atoms with E-state index in [1.54, 1.807) is 0 Å². The van der Waals surface area contributed by atoms with Crippen LogP contribution in [0, 0.1) is 0 Å². The number of carbonyl (C=O) groups is 1. The molecule has 0 spiro atoms. The minimum absolute atomic E-state index is 0.115. The first-order valence-electron chi connectivity index (χ1n) is 8.91. The van der Waals surface area contributed by atoms with Gasteiger partial charge in [0.15, 0.2) is 6.23 Å². The summed E-state index contributed by atoms with van der Waals surface area (Å²) in [5, 5.41) is 29.5. The van der Waals surface area contributed by atoms with Gasteiger partial charge in [-0.3, -0.25) is 18.7 Å². The molecule has 5 atom stereocenters. The molecule has 11 heteroatoms. The number of aromatic nitrogens is 2. The predicted molar refractivity (Wildman–Crippen MR) is 106 cm³/mol. The van der Waals surface area contributed by atoms with Crippen molar-refractivity contribution in [2.45, 2.75) is 50.0 Å². The van der Waals surface area contributed by atoms with Crippen LogP contribution in [0.15, 0.2) is 21.9 Å². The van der Waals surface area contributed by atoms with E-state index in [4.69, 9.17) is 15.6 Å². The molecule has 1 fully saturated rings. The molecular weight excluding hydrogens is 389 g/mol. The second-order valence-electron chi connectivity index (χ2n) is 7.72. The van der Waals surface area contributed by atoms with E-state index in [0.717, 1.165) is 21.4 Å². The first kappa shape index (κ1) is 22.6. The van der Waals surface area contributed by atoms with Crippen LogP contribution in [-0.4, -0.2) is 80.6 Å². The van der Waals surface area contributed by atoms with Gasteiger partial charge in [-0.15, -0.1) is 13.2 Å². The Morgan fingerprint density at radius 1 is 1.36 bits per heavy atom. The van der Waals surface area contributed by atoms with Crippen LogP contribution in [0.1, 0.15) is 19.1 Å². The lowest BCUT2D eigenvalue weighted by molar-refractivity contribution is -0.138. The zero-order valence-corrected chi connectivity index (χ0v) is 16.9. The SMILES string of the molecule is C=P(C)(C)CC[C@H]1O[C@@H](n2ccc(=O)n(CCC(N)C(=O)O)c2=O)[C@H](O)[C@@H]1O. The molecule has 2 heterocycles. The van der Waals surface area contributed by atoms with Crippen LogP contribution in [0.25, 0.3) is 0 Å². The van der Waals surface area contributed by atoms with Crippen molar-refractivity contribution >= 4 is 19.2 Å². The first-order valence-corrected chi connectivity index (χ1v) is 12.0. The number of carboxylic acid groups (broad SMARTS) is 1. The van der Waals surface area contributed by atoms with E-state index in [2.05, 4.69) is 6.30 Å². The van der Waals surface area contributed by atoms with Crippen LogP contribution in [-0.2, 0) is 16.1 Å². The average Bonchev–Trinajstić information content (AvgIpc) is 2.87. The van der Waals surface area contributed by atoms with Crippen LogP contribution in [0.2, 0.25) is 0 Å². The quantitative estimate of drug-likeness (QED) is 0.374. The lowest BCUT2D eigenvalue weighted by Gasteiger charge is -2.19. The lowest BCUT2D eigenvalue weighted by atomic mass is 10.1. The van der Waals surface area contributed by atoms with Gasteiger partial charge >= 0.3 is 11.7 Å². The fourth-order valence-corrected chi connectivity index (χ4v) is 3.95. The van der Waals surface area contributed by atoms with Gasteiger partial charge in [-0.05, 0) is 32.3 Å². The normalized spacial score (nSPS) is 26.3. The number of nitrogens with zero attached hydrogens (tertiary/aromatic N) is 2. The molecule has 10 nitrogen and oxygen atoms in total. The Hall–Kier alpha value is -1.71. The van der Waals surface area contributed by atoms with Crippen LogP contribution >= 0.6 is 6.89 Å². The molecule has 0 bridgehead atoms. The first-order chi connectivity index (χ1) is 12.9. The number of hydrogen-bond donors (Lipinski definition) is 4. The highest BCUT2D eigenvalue weighted by atomic mass is 31.2. The third kappa shape index (κ3) is 5.21. The van der Waals surface area contributed by atoms with Crippen LogP contribution in [0.4, 0.5) is 0 Å². The number of nitrogens with two attached hydrogens (primary N) is 1. The summed E-state index contributed by atoms with van der Waals surface area (Å²) in [6, 6.07) is -0.0949. The van der Waals surface area contributed by atoms with Gasteiger partial charge < -0.3 is 25.8 Å². The highest BCUT2D eigenvalue weighted by Gasteiger charge is 2.44. The molecule has 0 aliphatic carbocycles. The van der Waals surface area contributed by atoms with Crippen molar-refractivity contribution in [2.24, 2.45) is 5.73 Å². The minimum atomic E-state index is -1.35. The van der Waals surface area contributed by atoms with Crippen molar-refractivity contribution in [3.63, 3.8) is 0 Å². The number of rotatable bonds is 8. The number of hydrogen-bond acceptors (Lipinski definition) is 7. The number of aliphatic carboxylic acids is 1. The summed E-state index contributed by atoms with van der Waals surface area (Å²) in [6.07, 6.45) is 2.08. The van der Waals surface area contributed by atoms with Crippen LogP contribution < -0.4 is 17.0 Å². The fraction of sp³-hybridized carbons (Fsp3) is 0.647. The molecule has 1 saturated heterocycles. The van der Waals surface area contributed by atoms with Crippen molar-refractivity contribution in [3.05, 3.63) is 33.1 Å². The second-order valence-corrected chi connectivity index (χ2v) is 12.0. The van der Waals surface area contributed by atoms with Crippen molar-refractivity contribution < 1.29 is 24.9 Å². The molecule has 158 valence electrons. The third-order valence-corrected chi connectivity index (χ3v) is 6.18. The van der Waals surface area contributed by atoms with E-state index in [1.807, 2.05) is 13.3 Å². The van der Waals surface area contributed by atoms with Gasteiger partial charge in [0.05, 0.1) is 6.10 Å². The highest BCUT2D eigenvalue weighted by molar-refractivity contribution is 7.72. The Labute approximate surface area is 162 Å². The molecule has 0 amide bonds. The average molecular weight is 417 g/mol. The van der Waals surface area contributed by atoms with Gasteiger partial charge in [0.1, 0.15) is 18.2 Å². The summed E-state index contributed by atoms with van der Waals surface area (Å²) in [7, 11) is 0. The molecule has 5 N–H and O–H groups in total. The summed E-state index contributed by atoms with van der Waals surface area (Å²) in [6.45, 7) is 2.55. The van der Waals surface area contributed by atoms with Gasteiger partial charge in [0, 0.05) is 18.8 Å². The van der Waals surface area contributed by atoms with Crippen molar-refractivity contribution in [1.29, 1.82) is 0 Å². The molecule has 1 aromatic rings. The van der Waals surface area contributed by atoms with E-state index in [9.17, 15) is 24.6 Å². The summed E-state index contributed by atoms with van der Waals surface area (Å²) in [5.74, 6) is -1.24. The van der Waals surface area contributed by atoms with E-state index in [0.29, 0.717) is 6.42 Å². The molecule has 0 radical (unpaired) electrons. The summed E-state index contributed by atoms with van der Waals surface area (Å²) < 4.78 is 7.60. The zero-order valence-electron chi connectivity index (χ0n) is 16.0. The standard InChI is InChI=1S/C17H28N3O7P/c1-28(2,3)9-6-11-13(22)14(23)15(27-11)20-8-5-12(21)19(17(20)26)7-4-10(18)16(24)25/h5,8,10-11,13-15,22-23H,1,4,6-7,9,18H2,2-3H3,(H,24,25)/t10?,11-,13-,14-,15-/m1/s1. The smallest absolute Gasteiger partial charge is 0.333 e. The van der Waals surface area contributed by atoms with Gasteiger partial charge in [-0.1, -0.05) is 0 Å². The maximum absolute atomic E-state index is 12.7. The van der Waals surface area contributed by atoms with Gasteiger partial charge in [0.2, 0.25) is 0 Å². The maximum Gasteiger partial charge on any atom is 0.333 e. The second kappa shape index (κ2) is 8.75. The maximum atomic E-state index is 12.7.